The second kappa shape index (κ2) is 3.64. The molecule has 0 radical (unpaired) electrons. The third-order valence-electron chi connectivity index (χ3n) is 2.70. The zero-order chi connectivity index (χ0) is 11.0. The quantitative estimate of drug-likeness (QED) is 0.830. The van der Waals surface area contributed by atoms with Crippen LogP contribution in [0.15, 0.2) is 34.9 Å². The number of carbonyl (C=O) groups excluding carboxylic acids is 1. The number of ether oxygens (including phenoxy) is 1. The highest BCUT2D eigenvalue weighted by atomic mass is 16.5. The number of carbonyl (C=O) groups is 1. The lowest BCUT2D eigenvalue weighted by molar-refractivity contribution is -0.00344. The fraction of sp³-hybridized carbons (Fsp3) is 0.250. The van der Waals surface area contributed by atoms with Gasteiger partial charge in [-0.05, 0) is 6.07 Å². The smallest absolute Gasteiger partial charge is 0.255 e. The van der Waals surface area contributed by atoms with E-state index in [0.29, 0.717) is 18.8 Å². The summed E-state index contributed by atoms with van der Waals surface area (Å²) >= 11 is 0. The van der Waals surface area contributed by atoms with Gasteiger partial charge in [-0.3, -0.25) is 4.79 Å². The molecule has 0 unspecified atom stereocenters. The molecule has 1 aliphatic heterocycles. The van der Waals surface area contributed by atoms with Crippen molar-refractivity contribution in [3.63, 3.8) is 0 Å². The van der Waals surface area contributed by atoms with Gasteiger partial charge in [-0.2, -0.15) is 0 Å². The van der Waals surface area contributed by atoms with Gasteiger partial charge in [0.1, 0.15) is 11.8 Å². The van der Waals surface area contributed by atoms with E-state index in [-0.39, 0.29) is 11.9 Å². The van der Waals surface area contributed by atoms with Gasteiger partial charge in [-0.1, -0.05) is 18.2 Å². The Morgan fingerprint density at radius 3 is 2.88 bits per heavy atom. The molecule has 1 aromatic carbocycles. The van der Waals surface area contributed by atoms with E-state index in [0.717, 1.165) is 11.0 Å². The fourth-order valence-corrected chi connectivity index (χ4v) is 1.74. The average Bonchev–Trinajstić information content (AvgIpc) is 2.67. The minimum atomic E-state index is -0.0988. The molecule has 0 atom stereocenters. The van der Waals surface area contributed by atoms with Crippen LogP contribution in [0, 0.1) is 0 Å². The summed E-state index contributed by atoms with van der Waals surface area (Å²) in [5.41, 5.74) is 1.32. The Morgan fingerprint density at radius 1 is 1.31 bits per heavy atom. The van der Waals surface area contributed by atoms with Crippen molar-refractivity contribution in [1.82, 2.24) is 5.32 Å². The molecule has 1 amide bonds. The highest BCUT2D eigenvalue weighted by Crippen LogP contribution is 2.20. The SMILES string of the molecule is O=C(NC1COC1)c1coc2ccccc12. The number of nitrogens with one attached hydrogen (secondary N) is 1. The number of furan rings is 1. The van der Waals surface area contributed by atoms with Crippen molar-refractivity contribution < 1.29 is 13.9 Å². The molecule has 3 rings (SSSR count). The van der Waals surface area contributed by atoms with E-state index in [9.17, 15) is 4.79 Å². The van der Waals surface area contributed by atoms with Crippen LogP contribution in [-0.4, -0.2) is 25.2 Å². The van der Waals surface area contributed by atoms with Crippen molar-refractivity contribution in [3.8, 4) is 0 Å². The van der Waals surface area contributed by atoms with Gasteiger partial charge in [0.2, 0.25) is 0 Å². The molecule has 2 aromatic rings. The van der Waals surface area contributed by atoms with Gasteiger partial charge >= 0.3 is 0 Å². The first kappa shape index (κ1) is 9.42. The molecule has 4 nitrogen and oxygen atoms in total. The van der Waals surface area contributed by atoms with Crippen LogP contribution in [0.5, 0.6) is 0 Å². The average molecular weight is 217 g/mol. The number of hydrogen-bond donors (Lipinski definition) is 1. The van der Waals surface area contributed by atoms with E-state index in [1.165, 1.54) is 6.26 Å². The van der Waals surface area contributed by atoms with E-state index in [1.807, 2.05) is 24.3 Å². The van der Waals surface area contributed by atoms with Crippen molar-refractivity contribution in [3.05, 3.63) is 36.1 Å². The van der Waals surface area contributed by atoms with Gasteiger partial charge in [0.25, 0.3) is 5.91 Å². The Bertz CT molecular complexity index is 528. The molecule has 1 aromatic heterocycles. The van der Waals surface area contributed by atoms with E-state index >= 15 is 0 Å². The van der Waals surface area contributed by atoms with Crippen LogP contribution in [0.3, 0.4) is 0 Å². The highest BCUT2D eigenvalue weighted by Gasteiger charge is 2.22. The van der Waals surface area contributed by atoms with Gasteiger partial charge in [-0.25, -0.2) is 0 Å². The Morgan fingerprint density at radius 2 is 2.12 bits per heavy atom. The van der Waals surface area contributed by atoms with Crippen LogP contribution in [0.2, 0.25) is 0 Å². The molecule has 2 heterocycles. The lowest BCUT2D eigenvalue weighted by Crippen LogP contribution is -2.48. The Balaban J connectivity index is 1.89. The molecule has 16 heavy (non-hydrogen) atoms. The van der Waals surface area contributed by atoms with Crippen LogP contribution in [-0.2, 0) is 4.74 Å². The summed E-state index contributed by atoms with van der Waals surface area (Å²) in [6, 6.07) is 7.64. The maximum absolute atomic E-state index is 11.9. The summed E-state index contributed by atoms with van der Waals surface area (Å²) in [5, 5.41) is 3.73. The van der Waals surface area contributed by atoms with Crippen LogP contribution in [0.1, 0.15) is 10.4 Å². The first-order valence-electron chi connectivity index (χ1n) is 5.19. The summed E-state index contributed by atoms with van der Waals surface area (Å²) in [7, 11) is 0. The van der Waals surface area contributed by atoms with E-state index < -0.39 is 0 Å². The molecule has 1 N–H and O–H groups in total. The van der Waals surface area contributed by atoms with Crippen LogP contribution < -0.4 is 5.32 Å². The molecule has 0 bridgehead atoms. The lowest BCUT2D eigenvalue weighted by Gasteiger charge is -2.26. The summed E-state index contributed by atoms with van der Waals surface area (Å²) in [4.78, 5) is 11.9. The third-order valence-corrected chi connectivity index (χ3v) is 2.70. The molecule has 4 heteroatoms. The van der Waals surface area contributed by atoms with Crippen LogP contribution in [0.4, 0.5) is 0 Å². The predicted molar refractivity (Wildman–Crippen MR) is 58.3 cm³/mol. The number of hydrogen-bond acceptors (Lipinski definition) is 3. The monoisotopic (exact) mass is 217 g/mol. The maximum atomic E-state index is 11.9. The number of benzene rings is 1. The van der Waals surface area contributed by atoms with Crippen molar-refractivity contribution in [2.45, 2.75) is 6.04 Å². The third kappa shape index (κ3) is 1.47. The summed E-state index contributed by atoms with van der Waals surface area (Å²) in [5.74, 6) is -0.0988. The predicted octanol–water partition coefficient (Wildman–Crippen LogP) is 1.56. The maximum Gasteiger partial charge on any atom is 0.255 e. The number of rotatable bonds is 2. The topological polar surface area (TPSA) is 51.5 Å². The molecule has 1 aliphatic rings. The van der Waals surface area contributed by atoms with Crippen molar-refractivity contribution in [1.29, 1.82) is 0 Å². The number of para-hydroxylation sites is 1. The Hall–Kier alpha value is -1.81. The molecule has 1 saturated heterocycles. The standard InChI is InChI=1S/C12H11NO3/c14-12(13-8-5-15-6-8)10-7-16-11-4-2-1-3-9(10)11/h1-4,7-8H,5-6H2,(H,13,14). The zero-order valence-electron chi connectivity index (χ0n) is 8.60. The molecular weight excluding hydrogens is 206 g/mol. The van der Waals surface area contributed by atoms with Crippen molar-refractivity contribution in [2.75, 3.05) is 13.2 Å². The van der Waals surface area contributed by atoms with Crippen molar-refractivity contribution in [2.24, 2.45) is 0 Å². The highest BCUT2D eigenvalue weighted by molar-refractivity contribution is 6.06. The largest absolute Gasteiger partial charge is 0.463 e. The van der Waals surface area contributed by atoms with Gasteiger partial charge in [0.05, 0.1) is 24.8 Å². The van der Waals surface area contributed by atoms with Crippen molar-refractivity contribution >= 4 is 16.9 Å². The second-order valence-electron chi connectivity index (χ2n) is 3.85. The molecule has 0 spiro atoms. The first-order chi connectivity index (χ1) is 7.84. The second-order valence-corrected chi connectivity index (χ2v) is 3.85. The molecule has 0 aliphatic carbocycles. The summed E-state index contributed by atoms with van der Waals surface area (Å²) in [6.07, 6.45) is 1.50. The fourth-order valence-electron chi connectivity index (χ4n) is 1.74. The Kier molecular flexibility index (Phi) is 2.15. The van der Waals surface area contributed by atoms with E-state index in [4.69, 9.17) is 9.15 Å². The molecule has 82 valence electrons. The minimum absolute atomic E-state index is 0.0988. The lowest BCUT2D eigenvalue weighted by atomic mass is 10.1. The molecule has 1 fully saturated rings. The van der Waals surface area contributed by atoms with E-state index in [2.05, 4.69) is 5.32 Å². The number of fused-ring (bicyclic) bond motifs is 1. The number of amides is 1. The van der Waals surface area contributed by atoms with Crippen LogP contribution in [0.25, 0.3) is 11.0 Å². The zero-order valence-corrected chi connectivity index (χ0v) is 8.60. The first-order valence-corrected chi connectivity index (χ1v) is 5.19. The van der Waals surface area contributed by atoms with Gasteiger partial charge in [-0.15, -0.1) is 0 Å². The van der Waals surface area contributed by atoms with Gasteiger partial charge in [0.15, 0.2) is 0 Å². The Labute approximate surface area is 92.2 Å². The van der Waals surface area contributed by atoms with Crippen LogP contribution >= 0.6 is 0 Å². The summed E-state index contributed by atoms with van der Waals surface area (Å²) in [6.45, 7) is 1.20. The molecular formula is C12H11NO3. The van der Waals surface area contributed by atoms with Gasteiger partial charge < -0.3 is 14.5 Å². The normalized spacial score (nSPS) is 16.0. The minimum Gasteiger partial charge on any atom is -0.463 e. The van der Waals surface area contributed by atoms with Gasteiger partial charge in [0, 0.05) is 5.39 Å². The molecule has 0 saturated carbocycles. The van der Waals surface area contributed by atoms with E-state index in [1.54, 1.807) is 0 Å². The summed E-state index contributed by atoms with van der Waals surface area (Å²) < 4.78 is 10.3.